The number of nitrogens with zero attached hydrogens (tertiary/aromatic N) is 3. The zero-order valence-electron chi connectivity index (χ0n) is 14.4. The van der Waals surface area contributed by atoms with Crippen LogP contribution in [0.3, 0.4) is 0 Å². The maximum Gasteiger partial charge on any atom is 0.271 e. The topological polar surface area (TPSA) is 67.4 Å². The minimum absolute atomic E-state index is 0.197. The van der Waals surface area contributed by atoms with Crippen LogP contribution >= 0.6 is 34.3 Å². The highest BCUT2D eigenvalue weighted by Crippen LogP contribution is 2.32. The average Bonchev–Trinajstić information content (AvgIpc) is 3.36. The second-order valence-electron chi connectivity index (χ2n) is 5.91. The summed E-state index contributed by atoms with van der Waals surface area (Å²) in [4.78, 5) is 24.6. The van der Waals surface area contributed by atoms with Crippen LogP contribution in [0, 0.1) is 0 Å². The van der Waals surface area contributed by atoms with E-state index in [4.69, 9.17) is 16.3 Å². The van der Waals surface area contributed by atoms with E-state index in [0.29, 0.717) is 29.8 Å². The summed E-state index contributed by atoms with van der Waals surface area (Å²) < 4.78 is 6.11. The van der Waals surface area contributed by atoms with Crippen molar-refractivity contribution in [3.05, 3.63) is 51.4 Å². The molecule has 1 fully saturated rings. The number of hydrogen-bond acceptors (Lipinski definition) is 7. The van der Waals surface area contributed by atoms with Gasteiger partial charge in [0.1, 0.15) is 16.5 Å². The lowest BCUT2D eigenvalue weighted by atomic mass is 10.2. The highest BCUT2D eigenvalue weighted by Gasteiger charge is 2.17. The summed E-state index contributed by atoms with van der Waals surface area (Å²) in [6, 6.07) is 7.61. The van der Waals surface area contributed by atoms with E-state index in [1.807, 2.05) is 24.3 Å². The van der Waals surface area contributed by atoms with Gasteiger partial charge in [-0.2, -0.15) is 0 Å². The maximum atomic E-state index is 12.5. The lowest BCUT2D eigenvalue weighted by Crippen LogP contribution is -2.37. The predicted octanol–water partition coefficient (Wildman–Crippen LogP) is 3.69. The quantitative estimate of drug-likeness (QED) is 0.681. The van der Waals surface area contributed by atoms with Gasteiger partial charge in [0.2, 0.25) is 0 Å². The van der Waals surface area contributed by atoms with Gasteiger partial charge in [-0.25, -0.2) is 9.97 Å². The number of hydrogen-bond donors (Lipinski definition) is 1. The summed E-state index contributed by atoms with van der Waals surface area (Å²) in [5.41, 5.74) is 1.39. The van der Waals surface area contributed by atoms with Gasteiger partial charge < -0.3 is 15.0 Å². The number of nitrogens with one attached hydrogen (secondary N) is 1. The minimum Gasteiger partial charge on any atom is -0.378 e. The van der Waals surface area contributed by atoms with Crippen molar-refractivity contribution in [2.45, 2.75) is 6.54 Å². The molecule has 1 amide bonds. The third kappa shape index (κ3) is 4.30. The van der Waals surface area contributed by atoms with Gasteiger partial charge in [-0.3, -0.25) is 4.79 Å². The average molecular weight is 421 g/mol. The Kier molecular flexibility index (Phi) is 5.68. The molecule has 4 rings (SSSR count). The van der Waals surface area contributed by atoms with Crippen LogP contribution in [0.4, 0.5) is 5.82 Å². The van der Waals surface area contributed by atoms with Crippen LogP contribution in [-0.2, 0) is 11.3 Å². The molecule has 0 bridgehead atoms. The van der Waals surface area contributed by atoms with Gasteiger partial charge in [0, 0.05) is 36.8 Å². The summed E-state index contributed by atoms with van der Waals surface area (Å²) in [5.74, 6) is 0.699. The largest absolute Gasteiger partial charge is 0.378 e. The van der Waals surface area contributed by atoms with E-state index in [2.05, 4.69) is 20.2 Å². The predicted molar refractivity (Wildman–Crippen MR) is 109 cm³/mol. The smallest absolute Gasteiger partial charge is 0.271 e. The first-order valence-electron chi connectivity index (χ1n) is 8.47. The fourth-order valence-corrected chi connectivity index (χ4v) is 4.73. The van der Waals surface area contributed by atoms with Crippen molar-refractivity contribution in [1.29, 1.82) is 0 Å². The zero-order chi connectivity index (χ0) is 18.6. The second kappa shape index (κ2) is 8.35. The first-order valence-corrected chi connectivity index (χ1v) is 10.5. The number of morpholine rings is 1. The molecule has 1 saturated heterocycles. The molecule has 0 aromatic carbocycles. The summed E-state index contributed by atoms with van der Waals surface area (Å²) in [7, 11) is 0. The monoisotopic (exact) mass is 420 g/mol. The van der Waals surface area contributed by atoms with Crippen molar-refractivity contribution in [1.82, 2.24) is 15.3 Å². The maximum absolute atomic E-state index is 12.5. The molecule has 0 atom stereocenters. The third-order valence-corrected chi connectivity index (χ3v) is 6.38. The zero-order valence-corrected chi connectivity index (χ0v) is 16.7. The van der Waals surface area contributed by atoms with Crippen LogP contribution in [0.25, 0.3) is 9.88 Å². The van der Waals surface area contributed by atoms with E-state index in [1.165, 1.54) is 22.7 Å². The highest BCUT2D eigenvalue weighted by molar-refractivity contribution is 7.23. The van der Waals surface area contributed by atoms with Crippen LogP contribution < -0.4 is 10.2 Å². The first-order chi connectivity index (χ1) is 13.2. The normalized spacial score (nSPS) is 14.3. The molecule has 27 heavy (non-hydrogen) atoms. The van der Waals surface area contributed by atoms with Gasteiger partial charge in [0.05, 0.1) is 22.4 Å². The molecule has 0 unspecified atom stereocenters. The first kappa shape index (κ1) is 18.4. The Bertz CT molecular complexity index is 937. The number of rotatable bonds is 5. The van der Waals surface area contributed by atoms with Crippen molar-refractivity contribution < 1.29 is 9.53 Å². The van der Waals surface area contributed by atoms with E-state index >= 15 is 0 Å². The van der Waals surface area contributed by atoms with Gasteiger partial charge in [0.15, 0.2) is 0 Å². The van der Waals surface area contributed by atoms with Gasteiger partial charge >= 0.3 is 0 Å². The SMILES string of the molecule is O=C(NCc1cccnc1N1CCOCC1)c1csc(-c2ccc(Cl)s2)n1. The molecule has 0 spiro atoms. The molecular formula is C18H17ClN4O2S2. The van der Waals surface area contributed by atoms with Gasteiger partial charge in [-0.15, -0.1) is 22.7 Å². The molecule has 0 radical (unpaired) electrons. The second-order valence-corrected chi connectivity index (χ2v) is 8.48. The standard InChI is InChI=1S/C18H17ClN4O2S2/c19-15-4-3-14(27-15)18-22-13(11-26-18)17(24)21-10-12-2-1-5-20-16(12)23-6-8-25-9-7-23/h1-5,11H,6-10H2,(H,21,24). The highest BCUT2D eigenvalue weighted by atomic mass is 35.5. The summed E-state index contributed by atoms with van der Waals surface area (Å²) in [6.45, 7) is 3.39. The molecular weight excluding hydrogens is 404 g/mol. The van der Waals surface area contributed by atoms with Crippen molar-refractivity contribution >= 4 is 46.0 Å². The van der Waals surface area contributed by atoms with Crippen LogP contribution in [0.2, 0.25) is 4.34 Å². The fraction of sp³-hybridized carbons (Fsp3) is 0.278. The number of aromatic nitrogens is 2. The van der Waals surface area contributed by atoms with E-state index in [-0.39, 0.29) is 5.91 Å². The van der Waals surface area contributed by atoms with E-state index in [0.717, 1.165) is 34.4 Å². The molecule has 6 nitrogen and oxygen atoms in total. The Morgan fingerprint density at radius 1 is 1.30 bits per heavy atom. The lowest BCUT2D eigenvalue weighted by molar-refractivity contribution is 0.0946. The Balaban J connectivity index is 1.43. The Hall–Kier alpha value is -2.00. The number of thiophene rings is 1. The van der Waals surface area contributed by atoms with Crippen molar-refractivity contribution in [2.24, 2.45) is 0 Å². The van der Waals surface area contributed by atoms with Gasteiger partial charge in [-0.05, 0) is 18.2 Å². The number of pyridine rings is 1. The number of anilines is 1. The number of carbonyl (C=O) groups excluding carboxylic acids is 1. The molecule has 0 saturated carbocycles. The van der Waals surface area contributed by atoms with Crippen LogP contribution in [0.1, 0.15) is 16.1 Å². The Labute approximate surface area is 169 Å². The van der Waals surface area contributed by atoms with Crippen LogP contribution in [0.5, 0.6) is 0 Å². The van der Waals surface area contributed by atoms with Gasteiger partial charge in [0.25, 0.3) is 5.91 Å². The summed E-state index contributed by atoms with van der Waals surface area (Å²) in [6.07, 6.45) is 1.77. The molecule has 140 valence electrons. The lowest BCUT2D eigenvalue weighted by Gasteiger charge is -2.29. The molecule has 3 aromatic rings. The Morgan fingerprint density at radius 3 is 2.93 bits per heavy atom. The van der Waals surface area contributed by atoms with E-state index in [9.17, 15) is 4.79 Å². The number of thiazole rings is 1. The van der Waals surface area contributed by atoms with Crippen molar-refractivity contribution in [3.63, 3.8) is 0 Å². The summed E-state index contributed by atoms with van der Waals surface area (Å²) in [5, 5.41) is 5.52. The summed E-state index contributed by atoms with van der Waals surface area (Å²) >= 11 is 8.86. The number of amides is 1. The van der Waals surface area contributed by atoms with E-state index < -0.39 is 0 Å². The van der Waals surface area contributed by atoms with E-state index in [1.54, 1.807) is 11.6 Å². The number of halogens is 1. The molecule has 9 heteroatoms. The molecule has 0 aliphatic carbocycles. The number of carbonyl (C=O) groups is 1. The minimum atomic E-state index is -0.197. The molecule has 3 aromatic heterocycles. The van der Waals surface area contributed by atoms with Crippen molar-refractivity contribution in [2.75, 3.05) is 31.2 Å². The molecule has 1 aliphatic rings. The molecule has 1 aliphatic heterocycles. The number of ether oxygens (including phenoxy) is 1. The Morgan fingerprint density at radius 2 is 2.15 bits per heavy atom. The third-order valence-electron chi connectivity index (χ3n) is 4.14. The molecule has 4 heterocycles. The van der Waals surface area contributed by atoms with Crippen molar-refractivity contribution in [3.8, 4) is 9.88 Å². The molecule has 1 N–H and O–H groups in total. The van der Waals surface area contributed by atoms with Crippen LogP contribution in [0.15, 0.2) is 35.8 Å². The van der Waals surface area contributed by atoms with Gasteiger partial charge in [-0.1, -0.05) is 17.7 Å². The van der Waals surface area contributed by atoms with Crippen LogP contribution in [-0.4, -0.2) is 42.2 Å². The fourth-order valence-electron chi connectivity index (χ4n) is 2.81.